The van der Waals surface area contributed by atoms with Crippen LogP contribution in [-0.4, -0.2) is 29.2 Å². The Bertz CT molecular complexity index is 349. The van der Waals surface area contributed by atoms with Crippen LogP contribution in [-0.2, 0) is 4.79 Å². The normalized spacial score (nSPS) is 10.3. The second-order valence-electron chi connectivity index (χ2n) is 4.22. The molecule has 0 unspecified atom stereocenters. The first-order chi connectivity index (χ1) is 8.08. The van der Waals surface area contributed by atoms with Gasteiger partial charge in [-0.05, 0) is 18.1 Å². The molecule has 0 aromatic carbocycles. The number of carbonyl (C=O) groups excluding carboxylic acids is 1. The van der Waals surface area contributed by atoms with E-state index in [2.05, 4.69) is 34.7 Å². The second kappa shape index (κ2) is 6.67. The molecule has 1 heterocycles. The van der Waals surface area contributed by atoms with E-state index >= 15 is 0 Å². The number of nitrogens with zero attached hydrogens (tertiary/aromatic N) is 2. The summed E-state index contributed by atoms with van der Waals surface area (Å²) >= 11 is 0. The minimum absolute atomic E-state index is 0.0367. The Morgan fingerprint density at radius 1 is 1.41 bits per heavy atom. The highest BCUT2D eigenvalue weighted by Crippen LogP contribution is 2.02. The first kappa shape index (κ1) is 13.2. The second-order valence-corrected chi connectivity index (χ2v) is 4.22. The van der Waals surface area contributed by atoms with Crippen molar-refractivity contribution >= 4 is 17.5 Å². The van der Waals surface area contributed by atoms with E-state index in [0.717, 1.165) is 0 Å². The summed E-state index contributed by atoms with van der Waals surface area (Å²) in [7, 11) is 0. The largest absolute Gasteiger partial charge is 0.382 e. The number of hydrogen-bond donors (Lipinski definition) is 3. The molecular weight excluding hydrogens is 218 g/mol. The fourth-order valence-electron chi connectivity index (χ4n) is 1.15. The lowest BCUT2D eigenvalue weighted by atomic mass is 10.2. The maximum Gasteiger partial charge on any atom is 0.221 e. The fraction of sp³-hybridized carbons (Fsp3) is 0.545. The Hall–Kier alpha value is -1.85. The van der Waals surface area contributed by atoms with Crippen LogP contribution in [0.1, 0.15) is 20.3 Å². The van der Waals surface area contributed by atoms with Crippen LogP contribution < -0.4 is 16.4 Å². The first-order valence-electron chi connectivity index (χ1n) is 5.67. The highest BCUT2D eigenvalue weighted by Gasteiger charge is 2.02. The van der Waals surface area contributed by atoms with Gasteiger partial charge in [0.2, 0.25) is 5.91 Å². The minimum Gasteiger partial charge on any atom is -0.382 e. The lowest BCUT2D eigenvalue weighted by Gasteiger charge is -2.08. The summed E-state index contributed by atoms with van der Waals surface area (Å²) in [5.74, 6) is 1.51. The van der Waals surface area contributed by atoms with Gasteiger partial charge in [-0.2, -0.15) is 0 Å². The molecule has 1 amide bonds. The molecule has 1 aromatic rings. The van der Waals surface area contributed by atoms with Crippen molar-refractivity contribution in [2.24, 2.45) is 5.92 Å². The van der Waals surface area contributed by atoms with Crippen LogP contribution in [0.25, 0.3) is 0 Å². The van der Waals surface area contributed by atoms with Gasteiger partial charge in [-0.25, -0.2) is 0 Å². The predicted octanol–water partition coefficient (Wildman–Crippen LogP) is 0.633. The molecule has 0 spiro atoms. The smallest absolute Gasteiger partial charge is 0.221 e. The average molecular weight is 237 g/mol. The van der Waals surface area contributed by atoms with E-state index in [1.807, 2.05) is 0 Å². The van der Waals surface area contributed by atoms with Crippen molar-refractivity contribution < 1.29 is 4.79 Å². The lowest BCUT2D eigenvalue weighted by molar-refractivity contribution is -0.120. The molecule has 1 rings (SSSR count). The number of nitrogens with one attached hydrogen (secondary N) is 2. The third-order valence-electron chi connectivity index (χ3n) is 2.05. The van der Waals surface area contributed by atoms with E-state index in [-0.39, 0.29) is 5.91 Å². The molecule has 1 aromatic heterocycles. The topological polar surface area (TPSA) is 92.9 Å². The third-order valence-corrected chi connectivity index (χ3v) is 2.05. The van der Waals surface area contributed by atoms with Crippen molar-refractivity contribution in [1.29, 1.82) is 0 Å². The van der Waals surface area contributed by atoms with Crippen LogP contribution in [0.3, 0.4) is 0 Å². The van der Waals surface area contributed by atoms with Crippen molar-refractivity contribution in [3.05, 3.63) is 12.1 Å². The number of aromatic nitrogens is 2. The molecule has 94 valence electrons. The SMILES string of the molecule is CC(C)CNC(=O)CCNc1ccc(N)nn1. The van der Waals surface area contributed by atoms with Gasteiger partial charge in [-0.1, -0.05) is 13.8 Å². The summed E-state index contributed by atoms with van der Waals surface area (Å²) in [6, 6.07) is 3.39. The minimum atomic E-state index is 0.0367. The summed E-state index contributed by atoms with van der Waals surface area (Å²) < 4.78 is 0. The fourth-order valence-corrected chi connectivity index (χ4v) is 1.15. The molecule has 6 heteroatoms. The van der Waals surface area contributed by atoms with E-state index < -0.39 is 0 Å². The average Bonchev–Trinajstić information content (AvgIpc) is 2.29. The van der Waals surface area contributed by atoms with Crippen LogP contribution in [0.5, 0.6) is 0 Å². The molecule has 6 nitrogen and oxygen atoms in total. The standard InChI is InChI=1S/C11H19N5O/c1-8(2)7-14-11(17)5-6-13-10-4-3-9(12)15-16-10/h3-4,8H,5-7H2,1-2H3,(H2,12,15)(H,13,16)(H,14,17). The Morgan fingerprint density at radius 3 is 2.76 bits per heavy atom. The molecule has 0 bridgehead atoms. The zero-order valence-corrected chi connectivity index (χ0v) is 10.2. The molecule has 0 radical (unpaired) electrons. The van der Waals surface area contributed by atoms with E-state index in [4.69, 9.17) is 5.73 Å². The predicted molar refractivity (Wildman–Crippen MR) is 67.4 cm³/mol. The van der Waals surface area contributed by atoms with E-state index in [1.54, 1.807) is 12.1 Å². The number of anilines is 2. The van der Waals surface area contributed by atoms with Crippen LogP contribution in [0.4, 0.5) is 11.6 Å². The Morgan fingerprint density at radius 2 is 2.18 bits per heavy atom. The number of hydrogen-bond acceptors (Lipinski definition) is 5. The lowest BCUT2D eigenvalue weighted by Crippen LogP contribution is -2.28. The van der Waals surface area contributed by atoms with Crippen molar-refractivity contribution in [2.75, 3.05) is 24.1 Å². The zero-order chi connectivity index (χ0) is 12.7. The van der Waals surface area contributed by atoms with Crippen molar-refractivity contribution in [1.82, 2.24) is 15.5 Å². The number of nitrogen functional groups attached to an aromatic ring is 1. The highest BCUT2D eigenvalue weighted by atomic mass is 16.1. The number of amides is 1. The summed E-state index contributed by atoms with van der Waals surface area (Å²) in [4.78, 5) is 11.4. The quantitative estimate of drug-likeness (QED) is 0.675. The van der Waals surface area contributed by atoms with Crippen molar-refractivity contribution in [3.8, 4) is 0 Å². The van der Waals surface area contributed by atoms with Crippen molar-refractivity contribution in [2.45, 2.75) is 20.3 Å². The van der Waals surface area contributed by atoms with Gasteiger partial charge in [0, 0.05) is 19.5 Å². The van der Waals surface area contributed by atoms with Gasteiger partial charge >= 0.3 is 0 Å². The van der Waals surface area contributed by atoms with Gasteiger partial charge in [0.05, 0.1) is 0 Å². The Balaban J connectivity index is 2.19. The molecule has 0 atom stereocenters. The third kappa shape index (κ3) is 5.70. The van der Waals surface area contributed by atoms with Crippen LogP contribution in [0.2, 0.25) is 0 Å². The monoisotopic (exact) mass is 237 g/mol. The van der Waals surface area contributed by atoms with Crippen molar-refractivity contribution in [3.63, 3.8) is 0 Å². The van der Waals surface area contributed by atoms with Gasteiger partial charge < -0.3 is 16.4 Å². The molecule has 0 saturated heterocycles. The van der Waals surface area contributed by atoms with Gasteiger partial charge in [0.15, 0.2) is 0 Å². The van der Waals surface area contributed by atoms with Crippen LogP contribution in [0.15, 0.2) is 12.1 Å². The summed E-state index contributed by atoms with van der Waals surface area (Å²) in [5, 5.41) is 13.4. The Kier molecular flexibility index (Phi) is 5.19. The molecular formula is C11H19N5O. The number of carbonyl (C=O) groups is 1. The maximum absolute atomic E-state index is 11.4. The Labute approximate surface area is 101 Å². The van der Waals surface area contributed by atoms with Gasteiger partial charge in [0.25, 0.3) is 0 Å². The molecule has 4 N–H and O–H groups in total. The van der Waals surface area contributed by atoms with E-state index in [1.165, 1.54) is 0 Å². The maximum atomic E-state index is 11.4. The summed E-state index contributed by atoms with van der Waals surface area (Å²) in [6.07, 6.45) is 0.415. The molecule has 0 aliphatic heterocycles. The van der Waals surface area contributed by atoms with Gasteiger partial charge in [-0.15, -0.1) is 10.2 Å². The summed E-state index contributed by atoms with van der Waals surface area (Å²) in [5.41, 5.74) is 5.41. The van der Waals surface area contributed by atoms with Gasteiger partial charge in [-0.3, -0.25) is 4.79 Å². The molecule has 0 aliphatic carbocycles. The molecule has 0 saturated carbocycles. The zero-order valence-electron chi connectivity index (χ0n) is 10.2. The van der Waals surface area contributed by atoms with Crippen LogP contribution in [0, 0.1) is 5.92 Å². The van der Waals surface area contributed by atoms with Gasteiger partial charge in [0.1, 0.15) is 11.6 Å². The number of nitrogens with two attached hydrogens (primary N) is 1. The highest BCUT2D eigenvalue weighted by molar-refractivity contribution is 5.76. The summed E-state index contributed by atoms with van der Waals surface area (Å²) in [6.45, 7) is 5.36. The number of rotatable bonds is 6. The molecule has 0 aliphatic rings. The molecule has 17 heavy (non-hydrogen) atoms. The van der Waals surface area contributed by atoms with E-state index in [0.29, 0.717) is 37.1 Å². The molecule has 0 fully saturated rings. The first-order valence-corrected chi connectivity index (χ1v) is 5.67. The van der Waals surface area contributed by atoms with Crippen LogP contribution >= 0.6 is 0 Å². The van der Waals surface area contributed by atoms with E-state index in [9.17, 15) is 4.79 Å².